The normalized spacial score (nSPS) is 21.6. The first-order valence-electron chi connectivity index (χ1n) is 4.04. The predicted octanol–water partition coefficient (Wildman–Crippen LogP) is 2.63. The first-order chi connectivity index (χ1) is 5.18. The molecule has 0 heterocycles. The Hall–Kier alpha value is -0.850. The van der Waals surface area contributed by atoms with Crippen LogP contribution in [0.5, 0.6) is 0 Å². The number of ketones is 1. The van der Waals surface area contributed by atoms with E-state index in [2.05, 4.69) is 13.0 Å². The zero-order valence-corrected chi connectivity index (χ0v) is 7.18. The van der Waals surface area contributed by atoms with E-state index in [-0.39, 0.29) is 5.78 Å². The van der Waals surface area contributed by atoms with Crippen molar-refractivity contribution in [1.29, 1.82) is 0 Å². The highest BCUT2D eigenvalue weighted by Gasteiger charge is 2.04. The van der Waals surface area contributed by atoms with E-state index < -0.39 is 0 Å². The van der Waals surface area contributed by atoms with E-state index in [1.807, 2.05) is 0 Å². The third-order valence-corrected chi connectivity index (χ3v) is 1.96. The van der Waals surface area contributed by atoms with Crippen molar-refractivity contribution in [3.63, 3.8) is 0 Å². The molecule has 1 rings (SSSR count). The van der Waals surface area contributed by atoms with Crippen LogP contribution < -0.4 is 0 Å². The summed E-state index contributed by atoms with van der Waals surface area (Å²) in [4.78, 5) is 10.7. The van der Waals surface area contributed by atoms with Gasteiger partial charge in [-0.25, -0.2) is 0 Å². The molecule has 1 heteroatoms. The van der Waals surface area contributed by atoms with Crippen LogP contribution in [0.4, 0.5) is 0 Å². The average Bonchev–Trinajstić information content (AvgIpc) is 1.93. The summed E-state index contributed by atoms with van der Waals surface area (Å²) < 4.78 is 0. The van der Waals surface area contributed by atoms with E-state index in [1.165, 1.54) is 11.1 Å². The fourth-order valence-corrected chi connectivity index (χ4v) is 1.29. The smallest absolute Gasteiger partial charge is 0.152 e. The lowest BCUT2D eigenvalue weighted by Crippen LogP contribution is -1.95. The third-order valence-electron chi connectivity index (χ3n) is 1.96. The van der Waals surface area contributed by atoms with Crippen LogP contribution in [-0.4, -0.2) is 5.78 Å². The molecular formula is C10H14O. The molecule has 0 unspecified atom stereocenters. The lowest BCUT2D eigenvalue weighted by atomic mass is 9.95. The van der Waals surface area contributed by atoms with Gasteiger partial charge in [0.25, 0.3) is 0 Å². The lowest BCUT2D eigenvalue weighted by Gasteiger charge is -2.11. The summed E-state index contributed by atoms with van der Waals surface area (Å²) in [5, 5.41) is 0. The van der Waals surface area contributed by atoms with Crippen LogP contribution in [-0.2, 0) is 4.79 Å². The number of allylic oxidation sites excluding steroid dienone is 4. The van der Waals surface area contributed by atoms with Crippen molar-refractivity contribution in [2.45, 2.75) is 33.1 Å². The van der Waals surface area contributed by atoms with Gasteiger partial charge in [-0.2, -0.15) is 0 Å². The fraction of sp³-hybridized carbons (Fsp3) is 0.500. The van der Waals surface area contributed by atoms with E-state index in [0.717, 1.165) is 19.3 Å². The maximum atomic E-state index is 10.7. The van der Waals surface area contributed by atoms with Gasteiger partial charge in [0.2, 0.25) is 0 Å². The quantitative estimate of drug-likeness (QED) is 0.415. The van der Waals surface area contributed by atoms with Gasteiger partial charge in [0.1, 0.15) is 0 Å². The van der Waals surface area contributed by atoms with Crippen LogP contribution in [0.15, 0.2) is 23.3 Å². The van der Waals surface area contributed by atoms with Gasteiger partial charge in [0.05, 0.1) is 0 Å². The first kappa shape index (κ1) is 8.25. The van der Waals surface area contributed by atoms with Crippen LogP contribution in [0, 0.1) is 0 Å². The standard InChI is InChI=1S/C10H14O/c1-8-3-5-10(6-4-8)7-9(2)11/h3,7H,4-6H2,1-2H3/b10-7+. The van der Waals surface area contributed by atoms with Gasteiger partial charge < -0.3 is 0 Å². The second-order valence-electron chi connectivity index (χ2n) is 3.17. The molecule has 0 amide bonds. The van der Waals surface area contributed by atoms with E-state index >= 15 is 0 Å². The van der Waals surface area contributed by atoms with Crippen molar-refractivity contribution >= 4 is 5.78 Å². The Labute approximate surface area is 67.8 Å². The topological polar surface area (TPSA) is 17.1 Å². The molecular weight excluding hydrogens is 136 g/mol. The van der Waals surface area contributed by atoms with E-state index in [4.69, 9.17) is 0 Å². The van der Waals surface area contributed by atoms with Gasteiger partial charge in [-0.1, -0.05) is 17.2 Å². The molecule has 0 aromatic rings. The van der Waals surface area contributed by atoms with Crippen LogP contribution >= 0.6 is 0 Å². The van der Waals surface area contributed by atoms with Crippen LogP contribution in [0.1, 0.15) is 33.1 Å². The van der Waals surface area contributed by atoms with E-state index in [9.17, 15) is 4.79 Å². The Morgan fingerprint density at radius 1 is 1.55 bits per heavy atom. The van der Waals surface area contributed by atoms with Crippen molar-refractivity contribution in [3.05, 3.63) is 23.3 Å². The Morgan fingerprint density at radius 2 is 2.27 bits per heavy atom. The zero-order chi connectivity index (χ0) is 8.27. The molecule has 1 aliphatic rings. The molecule has 0 saturated carbocycles. The van der Waals surface area contributed by atoms with Gasteiger partial charge >= 0.3 is 0 Å². The molecule has 0 aliphatic heterocycles. The second kappa shape index (κ2) is 3.51. The van der Waals surface area contributed by atoms with Gasteiger partial charge in [-0.05, 0) is 39.2 Å². The molecule has 0 spiro atoms. The molecule has 1 nitrogen and oxygen atoms in total. The highest BCUT2D eigenvalue weighted by Crippen LogP contribution is 2.21. The van der Waals surface area contributed by atoms with E-state index in [0.29, 0.717) is 0 Å². The Balaban J connectivity index is 2.60. The van der Waals surface area contributed by atoms with Crippen LogP contribution in [0.25, 0.3) is 0 Å². The number of carbonyl (C=O) groups is 1. The summed E-state index contributed by atoms with van der Waals surface area (Å²) in [6.07, 6.45) is 7.15. The molecule has 0 bridgehead atoms. The minimum Gasteiger partial charge on any atom is -0.295 e. The molecule has 0 atom stereocenters. The van der Waals surface area contributed by atoms with Gasteiger partial charge in [0, 0.05) is 0 Å². The average molecular weight is 150 g/mol. The summed E-state index contributed by atoms with van der Waals surface area (Å²) in [6, 6.07) is 0. The Kier molecular flexibility index (Phi) is 2.64. The van der Waals surface area contributed by atoms with Gasteiger partial charge in [-0.3, -0.25) is 4.79 Å². The monoisotopic (exact) mass is 150 g/mol. The number of carbonyl (C=O) groups excluding carboxylic acids is 1. The summed E-state index contributed by atoms with van der Waals surface area (Å²) >= 11 is 0. The molecule has 0 saturated heterocycles. The molecule has 0 N–H and O–H groups in total. The summed E-state index contributed by atoms with van der Waals surface area (Å²) in [5.74, 6) is 0.174. The molecule has 0 fully saturated rings. The highest BCUT2D eigenvalue weighted by atomic mass is 16.1. The maximum Gasteiger partial charge on any atom is 0.152 e. The summed E-state index contributed by atoms with van der Waals surface area (Å²) in [5.41, 5.74) is 2.73. The number of rotatable bonds is 1. The molecule has 11 heavy (non-hydrogen) atoms. The van der Waals surface area contributed by atoms with Gasteiger partial charge in [0.15, 0.2) is 5.78 Å². The van der Waals surface area contributed by atoms with Crippen molar-refractivity contribution in [1.82, 2.24) is 0 Å². The van der Waals surface area contributed by atoms with Crippen molar-refractivity contribution in [2.24, 2.45) is 0 Å². The molecule has 60 valence electrons. The molecule has 0 aromatic carbocycles. The minimum atomic E-state index is 0.174. The largest absolute Gasteiger partial charge is 0.295 e. The molecule has 0 radical (unpaired) electrons. The molecule has 1 aliphatic carbocycles. The maximum absolute atomic E-state index is 10.7. The number of hydrogen-bond acceptors (Lipinski definition) is 1. The summed E-state index contributed by atoms with van der Waals surface area (Å²) in [7, 11) is 0. The predicted molar refractivity (Wildman–Crippen MR) is 46.4 cm³/mol. The third kappa shape index (κ3) is 2.71. The fourth-order valence-electron chi connectivity index (χ4n) is 1.29. The second-order valence-corrected chi connectivity index (χ2v) is 3.17. The Bertz CT molecular complexity index is 221. The minimum absolute atomic E-state index is 0.174. The van der Waals surface area contributed by atoms with Crippen molar-refractivity contribution in [2.75, 3.05) is 0 Å². The summed E-state index contributed by atoms with van der Waals surface area (Å²) in [6.45, 7) is 3.75. The molecule has 0 aromatic heterocycles. The van der Waals surface area contributed by atoms with Crippen LogP contribution in [0.2, 0.25) is 0 Å². The Morgan fingerprint density at radius 3 is 2.73 bits per heavy atom. The zero-order valence-electron chi connectivity index (χ0n) is 7.18. The van der Waals surface area contributed by atoms with E-state index in [1.54, 1.807) is 13.0 Å². The SMILES string of the molecule is CC(=O)/C=C1\CC=C(C)CC1. The van der Waals surface area contributed by atoms with Crippen molar-refractivity contribution in [3.8, 4) is 0 Å². The van der Waals surface area contributed by atoms with Gasteiger partial charge in [-0.15, -0.1) is 0 Å². The van der Waals surface area contributed by atoms with Crippen LogP contribution in [0.3, 0.4) is 0 Å². The highest BCUT2D eigenvalue weighted by molar-refractivity contribution is 5.88. The number of hydrogen-bond donors (Lipinski definition) is 0. The van der Waals surface area contributed by atoms with Crippen molar-refractivity contribution < 1.29 is 4.79 Å². The lowest BCUT2D eigenvalue weighted by molar-refractivity contribution is -0.112. The first-order valence-corrected chi connectivity index (χ1v) is 4.04.